The van der Waals surface area contributed by atoms with Gasteiger partial charge in [0.15, 0.2) is 0 Å². The van der Waals surface area contributed by atoms with Crippen molar-refractivity contribution in [2.45, 2.75) is 23.6 Å². The number of hydrogen-bond acceptors (Lipinski definition) is 3. The molecule has 1 rings (SSSR count). The molecule has 0 atom stereocenters. The minimum atomic E-state index is -0.721. The summed E-state index contributed by atoms with van der Waals surface area (Å²) in [6, 6.07) is 0.101. The van der Waals surface area contributed by atoms with Crippen LogP contribution in [0.25, 0.3) is 0 Å². The van der Waals surface area contributed by atoms with Crippen LogP contribution < -0.4 is 5.73 Å². The molecule has 58 valence electrons. The van der Waals surface area contributed by atoms with E-state index in [2.05, 4.69) is 0 Å². The third-order valence-corrected chi connectivity index (χ3v) is 3.25. The SMILES string of the molecule is CSC1(C(=O)O)CC(N)C1. The van der Waals surface area contributed by atoms with Gasteiger partial charge in [-0.2, -0.15) is 0 Å². The molecule has 4 heteroatoms. The first kappa shape index (κ1) is 7.88. The van der Waals surface area contributed by atoms with Gasteiger partial charge in [0.2, 0.25) is 0 Å². The van der Waals surface area contributed by atoms with Crippen LogP contribution in [0.4, 0.5) is 0 Å². The summed E-state index contributed by atoms with van der Waals surface area (Å²) in [6.07, 6.45) is 3.05. The molecule has 0 radical (unpaired) electrons. The van der Waals surface area contributed by atoms with Gasteiger partial charge in [0.05, 0.1) is 0 Å². The highest BCUT2D eigenvalue weighted by Crippen LogP contribution is 2.42. The molecular formula is C6H11NO2S. The third-order valence-electron chi connectivity index (χ3n) is 1.96. The van der Waals surface area contributed by atoms with Crippen LogP contribution in [0.15, 0.2) is 0 Å². The van der Waals surface area contributed by atoms with E-state index in [1.807, 2.05) is 6.26 Å². The van der Waals surface area contributed by atoms with E-state index in [0.717, 1.165) is 0 Å². The van der Waals surface area contributed by atoms with E-state index < -0.39 is 10.7 Å². The third kappa shape index (κ3) is 1.01. The molecule has 0 amide bonds. The number of carboxylic acid groups (broad SMARTS) is 1. The molecule has 0 spiro atoms. The molecule has 0 aromatic carbocycles. The maximum absolute atomic E-state index is 10.6. The molecule has 0 aromatic heterocycles. The molecule has 1 aliphatic rings. The zero-order valence-corrected chi connectivity index (χ0v) is 6.65. The average Bonchev–Trinajstić information content (AvgIpc) is 1.79. The summed E-state index contributed by atoms with van der Waals surface area (Å²) < 4.78 is -0.556. The topological polar surface area (TPSA) is 63.3 Å². The van der Waals surface area contributed by atoms with Gasteiger partial charge >= 0.3 is 5.97 Å². The van der Waals surface area contributed by atoms with Crippen LogP contribution >= 0.6 is 11.8 Å². The largest absolute Gasteiger partial charge is 0.480 e. The van der Waals surface area contributed by atoms with Crippen LogP contribution in [0.2, 0.25) is 0 Å². The number of carboxylic acids is 1. The van der Waals surface area contributed by atoms with Crippen molar-refractivity contribution < 1.29 is 9.90 Å². The lowest BCUT2D eigenvalue weighted by molar-refractivity contribution is -0.142. The molecule has 1 aliphatic carbocycles. The zero-order chi connectivity index (χ0) is 7.78. The van der Waals surface area contributed by atoms with Crippen molar-refractivity contribution in [1.29, 1.82) is 0 Å². The van der Waals surface area contributed by atoms with Crippen LogP contribution in [0.3, 0.4) is 0 Å². The van der Waals surface area contributed by atoms with E-state index in [0.29, 0.717) is 12.8 Å². The van der Waals surface area contributed by atoms with E-state index in [4.69, 9.17) is 10.8 Å². The second kappa shape index (κ2) is 2.43. The molecule has 1 saturated carbocycles. The first-order valence-electron chi connectivity index (χ1n) is 3.15. The maximum Gasteiger partial charge on any atom is 0.319 e. The van der Waals surface area contributed by atoms with Gasteiger partial charge in [0.25, 0.3) is 0 Å². The molecule has 0 heterocycles. The Kier molecular flexibility index (Phi) is 1.92. The van der Waals surface area contributed by atoms with Crippen molar-refractivity contribution in [1.82, 2.24) is 0 Å². The Balaban J connectivity index is 2.56. The van der Waals surface area contributed by atoms with Crippen molar-refractivity contribution in [3.63, 3.8) is 0 Å². The van der Waals surface area contributed by atoms with Gasteiger partial charge in [-0.1, -0.05) is 0 Å². The maximum atomic E-state index is 10.6. The number of nitrogens with two attached hydrogens (primary N) is 1. The summed E-state index contributed by atoms with van der Waals surface area (Å²) in [5.74, 6) is -0.721. The quantitative estimate of drug-likeness (QED) is 0.611. The van der Waals surface area contributed by atoms with Crippen LogP contribution in [-0.4, -0.2) is 28.1 Å². The van der Waals surface area contributed by atoms with Gasteiger partial charge in [0.1, 0.15) is 4.75 Å². The lowest BCUT2D eigenvalue weighted by Crippen LogP contribution is -2.54. The molecular weight excluding hydrogens is 150 g/mol. The fraction of sp³-hybridized carbons (Fsp3) is 0.833. The fourth-order valence-electron chi connectivity index (χ4n) is 1.22. The molecule has 3 nitrogen and oxygen atoms in total. The first-order chi connectivity index (χ1) is 4.60. The Morgan fingerprint density at radius 1 is 1.80 bits per heavy atom. The van der Waals surface area contributed by atoms with Crippen molar-refractivity contribution in [2.24, 2.45) is 5.73 Å². The van der Waals surface area contributed by atoms with Crippen molar-refractivity contribution in [3.05, 3.63) is 0 Å². The Hall–Kier alpha value is -0.220. The molecule has 10 heavy (non-hydrogen) atoms. The summed E-state index contributed by atoms with van der Waals surface area (Å²) in [5.41, 5.74) is 5.49. The number of hydrogen-bond donors (Lipinski definition) is 2. The van der Waals surface area contributed by atoms with Crippen LogP contribution in [-0.2, 0) is 4.79 Å². The first-order valence-corrected chi connectivity index (χ1v) is 4.37. The van der Waals surface area contributed by atoms with E-state index in [1.54, 1.807) is 0 Å². The van der Waals surface area contributed by atoms with Crippen LogP contribution in [0.1, 0.15) is 12.8 Å². The lowest BCUT2D eigenvalue weighted by Gasteiger charge is -2.40. The average molecular weight is 161 g/mol. The molecule has 3 N–H and O–H groups in total. The Morgan fingerprint density at radius 3 is 2.40 bits per heavy atom. The lowest BCUT2D eigenvalue weighted by atomic mass is 9.80. The van der Waals surface area contributed by atoms with Gasteiger partial charge in [0, 0.05) is 6.04 Å². The second-order valence-electron chi connectivity index (χ2n) is 2.67. The highest BCUT2D eigenvalue weighted by atomic mass is 32.2. The standard InChI is InChI=1S/C6H11NO2S/c1-10-6(5(8)9)2-4(7)3-6/h4H,2-3,7H2,1H3,(H,8,9). The summed E-state index contributed by atoms with van der Waals surface area (Å²) in [5, 5.41) is 8.73. The molecule has 1 fully saturated rings. The van der Waals surface area contributed by atoms with E-state index >= 15 is 0 Å². The van der Waals surface area contributed by atoms with Crippen LogP contribution in [0.5, 0.6) is 0 Å². The Morgan fingerprint density at radius 2 is 2.30 bits per heavy atom. The van der Waals surface area contributed by atoms with Crippen LogP contribution in [0, 0.1) is 0 Å². The zero-order valence-electron chi connectivity index (χ0n) is 5.83. The number of aliphatic carboxylic acids is 1. The Bertz CT molecular complexity index is 154. The second-order valence-corrected chi connectivity index (χ2v) is 3.86. The Labute approximate surface area is 64.0 Å². The summed E-state index contributed by atoms with van der Waals surface area (Å²) >= 11 is 1.39. The smallest absolute Gasteiger partial charge is 0.319 e. The van der Waals surface area contributed by atoms with Gasteiger partial charge in [-0.3, -0.25) is 4.79 Å². The molecule has 0 bridgehead atoms. The van der Waals surface area contributed by atoms with Gasteiger partial charge in [-0.15, -0.1) is 11.8 Å². The van der Waals surface area contributed by atoms with Crippen molar-refractivity contribution in [2.75, 3.05) is 6.26 Å². The summed E-state index contributed by atoms with van der Waals surface area (Å²) in [6.45, 7) is 0. The summed E-state index contributed by atoms with van der Waals surface area (Å²) in [4.78, 5) is 10.6. The van der Waals surface area contributed by atoms with Gasteiger partial charge in [-0.25, -0.2) is 0 Å². The fourth-order valence-corrected chi connectivity index (χ4v) is 2.15. The van der Waals surface area contributed by atoms with E-state index in [1.165, 1.54) is 11.8 Å². The molecule has 0 aromatic rings. The van der Waals surface area contributed by atoms with E-state index in [9.17, 15) is 4.79 Å². The van der Waals surface area contributed by atoms with E-state index in [-0.39, 0.29) is 6.04 Å². The van der Waals surface area contributed by atoms with Crippen molar-refractivity contribution >= 4 is 17.7 Å². The minimum Gasteiger partial charge on any atom is -0.480 e. The number of rotatable bonds is 2. The molecule has 0 unspecified atom stereocenters. The predicted octanol–water partition coefficient (Wildman–Crippen LogP) is 0.294. The predicted molar refractivity (Wildman–Crippen MR) is 41.1 cm³/mol. The highest BCUT2D eigenvalue weighted by molar-refractivity contribution is 8.00. The van der Waals surface area contributed by atoms with Gasteiger partial charge in [-0.05, 0) is 19.1 Å². The molecule has 0 saturated heterocycles. The normalized spacial score (nSPS) is 38.8. The number of carbonyl (C=O) groups is 1. The highest BCUT2D eigenvalue weighted by Gasteiger charge is 2.48. The van der Waals surface area contributed by atoms with Gasteiger partial charge < -0.3 is 10.8 Å². The van der Waals surface area contributed by atoms with Crippen molar-refractivity contribution in [3.8, 4) is 0 Å². The minimum absolute atomic E-state index is 0.101. The number of thioether (sulfide) groups is 1. The molecule has 0 aliphatic heterocycles. The summed E-state index contributed by atoms with van der Waals surface area (Å²) in [7, 11) is 0. The monoisotopic (exact) mass is 161 g/mol.